The largest absolute Gasteiger partial charge is 0.465 e. The van der Waals surface area contributed by atoms with Crippen molar-refractivity contribution in [3.05, 3.63) is 34.3 Å². The number of benzene rings is 1. The zero-order chi connectivity index (χ0) is 12.1. The lowest BCUT2D eigenvalue weighted by Crippen LogP contribution is -2.03. The van der Waals surface area contributed by atoms with E-state index in [1.54, 1.807) is 25.1 Å². The Morgan fingerprint density at radius 1 is 1.38 bits per heavy atom. The summed E-state index contributed by atoms with van der Waals surface area (Å²) in [4.78, 5) is 22.1. The maximum Gasteiger partial charge on any atom is 0.339 e. The zero-order valence-electron chi connectivity index (χ0n) is 9.25. The summed E-state index contributed by atoms with van der Waals surface area (Å²) < 4.78 is 4.58. The lowest BCUT2D eigenvalue weighted by molar-refractivity contribution is -0.116. The highest BCUT2D eigenvalue weighted by Crippen LogP contribution is 2.19. The molecule has 0 aliphatic heterocycles. The number of ketones is 1. The topological polar surface area (TPSA) is 43.4 Å². The van der Waals surface area contributed by atoms with Crippen LogP contribution in [0.2, 0.25) is 5.02 Å². The Morgan fingerprint density at radius 3 is 2.56 bits per heavy atom. The smallest absolute Gasteiger partial charge is 0.339 e. The minimum absolute atomic E-state index is 0.133. The Labute approximate surface area is 99.4 Å². The SMILES string of the molecule is COC(=O)c1ccc(CCC(C)=O)cc1Cl. The molecule has 1 aromatic rings. The van der Waals surface area contributed by atoms with Gasteiger partial charge in [0.25, 0.3) is 0 Å². The first-order valence-electron chi connectivity index (χ1n) is 4.90. The Bertz CT molecular complexity index is 413. The van der Waals surface area contributed by atoms with E-state index >= 15 is 0 Å². The number of carbonyl (C=O) groups excluding carboxylic acids is 2. The molecule has 1 rings (SSSR count). The minimum atomic E-state index is -0.455. The monoisotopic (exact) mass is 240 g/mol. The summed E-state index contributed by atoms with van der Waals surface area (Å²) in [6, 6.07) is 5.08. The molecule has 0 atom stereocenters. The number of esters is 1. The van der Waals surface area contributed by atoms with Crippen LogP contribution in [0, 0.1) is 0 Å². The van der Waals surface area contributed by atoms with Crippen molar-refractivity contribution in [1.82, 2.24) is 0 Å². The van der Waals surface area contributed by atoms with Crippen LogP contribution in [0.5, 0.6) is 0 Å². The van der Waals surface area contributed by atoms with Crippen molar-refractivity contribution in [3.8, 4) is 0 Å². The molecule has 0 saturated heterocycles. The fourth-order valence-electron chi connectivity index (χ4n) is 1.31. The molecule has 0 amide bonds. The van der Waals surface area contributed by atoms with Crippen molar-refractivity contribution in [1.29, 1.82) is 0 Å². The van der Waals surface area contributed by atoms with Crippen LogP contribution in [0.4, 0.5) is 0 Å². The van der Waals surface area contributed by atoms with Gasteiger partial charge in [0.1, 0.15) is 5.78 Å². The molecule has 3 nitrogen and oxygen atoms in total. The molecule has 0 heterocycles. The number of halogens is 1. The molecule has 86 valence electrons. The highest BCUT2D eigenvalue weighted by Gasteiger charge is 2.10. The van der Waals surface area contributed by atoms with E-state index in [4.69, 9.17) is 11.6 Å². The van der Waals surface area contributed by atoms with E-state index in [1.165, 1.54) is 7.11 Å². The summed E-state index contributed by atoms with van der Waals surface area (Å²) in [5.74, 6) is -0.323. The van der Waals surface area contributed by atoms with Crippen LogP contribution in [0.1, 0.15) is 29.3 Å². The van der Waals surface area contributed by atoms with Crippen LogP contribution < -0.4 is 0 Å². The van der Waals surface area contributed by atoms with Crippen molar-refractivity contribution in [3.63, 3.8) is 0 Å². The maximum absolute atomic E-state index is 11.3. The number of carbonyl (C=O) groups is 2. The Hall–Kier alpha value is -1.35. The standard InChI is InChI=1S/C12H13ClO3/c1-8(14)3-4-9-5-6-10(11(13)7-9)12(15)16-2/h5-7H,3-4H2,1-2H3. The van der Waals surface area contributed by atoms with E-state index in [2.05, 4.69) is 4.74 Å². The average Bonchev–Trinajstić information content (AvgIpc) is 2.25. The van der Waals surface area contributed by atoms with Gasteiger partial charge in [-0.05, 0) is 31.0 Å². The minimum Gasteiger partial charge on any atom is -0.465 e. The third kappa shape index (κ3) is 3.35. The molecule has 0 aliphatic carbocycles. The van der Waals surface area contributed by atoms with Gasteiger partial charge >= 0.3 is 5.97 Å². The first-order chi connectivity index (χ1) is 7.54. The number of aryl methyl sites for hydroxylation is 1. The molecule has 0 bridgehead atoms. The van der Waals surface area contributed by atoms with Gasteiger partial charge < -0.3 is 9.53 Å². The predicted molar refractivity (Wildman–Crippen MR) is 61.8 cm³/mol. The van der Waals surface area contributed by atoms with Crippen LogP contribution in [-0.2, 0) is 16.0 Å². The van der Waals surface area contributed by atoms with Gasteiger partial charge in [-0.2, -0.15) is 0 Å². The van der Waals surface area contributed by atoms with E-state index < -0.39 is 5.97 Å². The average molecular weight is 241 g/mol. The molecule has 0 aromatic heterocycles. The van der Waals surface area contributed by atoms with Gasteiger partial charge in [0.05, 0.1) is 17.7 Å². The second-order valence-corrected chi connectivity index (χ2v) is 3.91. The van der Waals surface area contributed by atoms with E-state index in [9.17, 15) is 9.59 Å². The summed E-state index contributed by atoms with van der Waals surface area (Å²) >= 11 is 5.93. The molecule has 0 radical (unpaired) electrons. The van der Waals surface area contributed by atoms with Gasteiger partial charge in [-0.15, -0.1) is 0 Å². The number of rotatable bonds is 4. The van der Waals surface area contributed by atoms with Gasteiger partial charge in [-0.25, -0.2) is 4.79 Å². The van der Waals surface area contributed by atoms with Gasteiger partial charge in [-0.1, -0.05) is 17.7 Å². The van der Waals surface area contributed by atoms with Gasteiger partial charge in [-0.3, -0.25) is 0 Å². The molecule has 4 heteroatoms. The summed E-state index contributed by atoms with van der Waals surface area (Å²) in [7, 11) is 1.31. The molecule has 0 N–H and O–H groups in total. The van der Waals surface area contributed by atoms with Crippen molar-refractivity contribution >= 4 is 23.4 Å². The normalized spacial score (nSPS) is 9.94. The third-order valence-corrected chi connectivity index (χ3v) is 2.52. The second kappa shape index (κ2) is 5.66. The quantitative estimate of drug-likeness (QED) is 0.760. The van der Waals surface area contributed by atoms with Crippen LogP contribution in [0.3, 0.4) is 0 Å². The highest BCUT2D eigenvalue weighted by molar-refractivity contribution is 6.33. The Kier molecular flexibility index (Phi) is 4.50. The Balaban J connectivity index is 2.82. The predicted octanol–water partition coefficient (Wildman–Crippen LogP) is 2.65. The number of Topliss-reactive ketones (excluding diaryl/α,β-unsaturated/α-hetero) is 1. The second-order valence-electron chi connectivity index (χ2n) is 3.51. The number of methoxy groups -OCH3 is 1. The fraction of sp³-hybridized carbons (Fsp3) is 0.333. The molecule has 0 fully saturated rings. The van der Waals surface area contributed by atoms with Crippen molar-refractivity contribution in [2.45, 2.75) is 19.8 Å². The van der Waals surface area contributed by atoms with E-state index in [-0.39, 0.29) is 5.78 Å². The van der Waals surface area contributed by atoms with Gasteiger partial charge in [0.2, 0.25) is 0 Å². The molecule has 16 heavy (non-hydrogen) atoms. The van der Waals surface area contributed by atoms with Crippen LogP contribution in [0.25, 0.3) is 0 Å². The summed E-state index contributed by atoms with van der Waals surface area (Å²) in [6.07, 6.45) is 1.12. The summed E-state index contributed by atoms with van der Waals surface area (Å²) in [5, 5.41) is 0.355. The zero-order valence-corrected chi connectivity index (χ0v) is 10.0. The van der Waals surface area contributed by atoms with Gasteiger partial charge in [0.15, 0.2) is 0 Å². The molecule has 0 saturated carbocycles. The molecular formula is C12H13ClO3. The van der Waals surface area contributed by atoms with Crippen LogP contribution in [0.15, 0.2) is 18.2 Å². The molecule has 0 unspecified atom stereocenters. The van der Waals surface area contributed by atoms with Gasteiger partial charge in [0, 0.05) is 6.42 Å². The first kappa shape index (κ1) is 12.7. The van der Waals surface area contributed by atoms with Crippen molar-refractivity contribution in [2.24, 2.45) is 0 Å². The number of hydrogen-bond donors (Lipinski definition) is 0. The highest BCUT2D eigenvalue weighted by atomic mass is 35.5. The number of hydrogen-bond acceptors (Lipinski definition) is 3. The fourth-order valence-corrected chi connectivity index (χ4v) is 1.59. The van der Waals surface area contributed by atoms with E-state index in [0.29, 0.717) is 23.4 Å². The maximum atomic E-state index is 11.3. The summed E-state index contributed by atoms with van der Waals surface area (Å²) in [6.45, 7) is 1.55. The lowest BCUT2D eigenvalue weighted by atomic mass is 10.1. The van der Waals surface area contributed by atoms with E-state index in [1.807, 2.05) is 0 Å². The van der Waals surface area contributed by atoms with Crippen molar-refractivity contribution < 1.29 is 14.3 Å². The summed E-state index contributed by atoms with van der Waals surface area (Å²) in [5.41, 5.74) is 1.28. The van der Waals surface area contributed by atoms with E-state index in [0.717, 1.165) is 5.56 Å². The molecule has 0 spiro atoms. The number of ether oxygens (including phenoxy) is 1. The van der Waals surface area contributed by atoms with Crippen LogP contribution >= 0.6 is 11.6 Å². The lowest BCUT2D eigenvalue weighted by Gasteiger charge is -2.04. The molecular weight excluding hydrogens is 228 g/mol. The third-order valence-electron chi connectivity index (χ3n) is 2.20. The van der Waals surface area contributed by atoms with Crippen LogP contribution in [-0.4, -0.2) is 18.9 Å². The first-order valence-corrected chi connectivity index (χ1v) is 5.28. The van der Waals surface area contributed by atoms with Crippen molar-refractivity contribution in [2.75, 3.05) is 7.11 Å². The molecule has 1 aromatic carbocycles. The Morgan fingerprint density at radius 2 is 2.06 bits per heavy atom. The molecule has 0 aliphatic rings.